The number of carbonyl (C=O) groups excluding carboxylic acids is 1. The summed E-state index contributed by atoms with van der Waals surface area (Å²) in [6.45, 7) is 1.37. The third-order valence-corrected chi connectivity index (χ3v) is 5.83. The summed E-state index contributed by atoms with van der Waals surface area (Å²) in [6, 6.07) is 7.84. The number of fused-ring (bicyclic) bond motifs is 2. The van der Waals surface area contributed by atoms with E-state index in [-0.39, 0.29) is 12.1 Å². The van der Waals surface area contributed by atoms with E-state index in [1.54, 1.807) is 0 Å². The monoisotopic (exact) mass is 304 g/mol. The summed E-state index contributed by atoms with van der Waals surface area (Å²) >= 11 is 5.96. The average molecular weight is 305 g/mol. The van der Waals surface area contributed by atoms with Gasteiger partial charge in [0.1, 0.15) is 6.17 Å². The molecule has 1 amide bonds. The van der Waals surface area contributed by atoms with E-state index in [4.69, 9.17) is 11.6 Å². The minimum Gasteiger partial charge on any atom is -0.322 e. The van der Waals surface area contributed by atoms with Gasteiger partial charge in [-0.1, -0.05) is 30.2 Å². The van der Waals surface area contributed by atoms with Gasteiger partial charge in [-0.25, -0.2) is 0 Å². The predicted molar refractivity (Wildman–Crippen MR) is 82.8 cm³/mol. The first-order valence-corrected chi connectivity index (χ1v) is 8.37. The third kappa shape index (κ3) is 2.47. The fraction of sp³-hybridized carbons (Fsp3) is 0.588. The molecule has 4 heteroatoms. The van der Waals surface area contributed by atoms with Crippen LogP contribution in [0.2, 0.25) is 5.02 Å². The first-order valence-electron chi connectivity index (χ1n) is 7.99. The molecule has 2 bridgehead atoms. The maximum atomic E-state index is 12.3. The van der Waals surface area contributed by atoms with E-state index in [2.05, 4.69) is 10.2 Å². The lowest BCUT2D eigenvalue weighted by molar-refractivity contribution is -0.128. The number of amides is 1. The van der Waals surface area contributed by atoms with Crippen molar-refractivity contribution in [3.8, 4) is 0 Å². The minimum absolute atomic E-state index is 0.0221. The number of rotatable bonds is 3. The lowest BCUT2D eigenvalue weighted by atomic mass is 9.88. The number of benzene rings is 1. The van der Waals surface area contributed by atoms with E-state index in [1.807, 2.05) is 24.3 Å². The van der Waals surface area contributed by atoms with Gasteiger partial charge in [-0.05, 0) is 54.7 Å². The molecule has 3 aliphatic rings. The Morgan fingerprint density at radius 3 is 2.67 bits per heavy atom. The summed E-state index contributed by atoms with van der Waals surface area (Å²) in [5, 5.41) is 4.08. The van der Waals surface area contributed by atoms with Crippen LogP contribution >= 0.6 is 11.6 Å². The second kappa shape index (κ2) is 5.29. The summed E-state index contributed by atoms with van der Waals surface area (Å²) in [7, 11) is 0. The van der Waals surface area contributed by atoms with Crippen LogP contribution in [0.3, 0.4) is 0 Å². The van der Waals surface area contributed by atoms with Crippen LogP contribution in [0.25, 0.3) is 0 Å². The Labute approximate surface area is 130 Å². The van der Waals surface area contributed by atoms with Crippen LogP contribution in [0.15, 0.2) is 24.3 Å². The van der Waals surface area contributed by atoms with Gasteiger partial charge in [0.15, 0.2) is 0 Å². The maximum absolute atomic E-state index is 12.3. The van der Waals surface area contributed by atoms with Crippen molar-refractivity contribution in [3.63, 3.8) is 0 Å². The molecule has 4 unspecified atom stereocenters. The molecule has 2 saturated carbocycles. The van der Waals surface area contributed by atoms with E-state index >= 15 is 0 Å². The largest absolute Gasteiger partial charge is 0.322 e. The van der Waals surface area contributed by atoms with Gasteiger partial charge in [-0.2, -0.15) is 0 Å². The maximum Gasteiger partial charge on any atom is 0.238 e. The molecule has 1 heterocycles. The van der Waals surface area contributed by atoms with Crippen LogP contribution in [0.5, 0.6) is 0 Å². The number of carbonyl (C=O) groups is 1. The Morgan fingerprint density at radius 2 is 2.00 bits per heavy atom. The molecule has 112 valence electrons. The van der Waals surface area contributed by atoms with Crippen molar-refractivity contribution < 1.29 is 4.79 Å². The molecule has 0 spiro atoms. The standard InChI is InChI=1S/C17H21ClN2O/c18-15-5-3-12(4-6-15)17-19-9-16(21)20(17)10-14-8-11-1-2-13(14)7-11/h3-6,11,13-14,17,19H,1-2,7-10H2. The van der Waals surface area contributed by atoms with Crippen molar-refractivity contribution in [2.24, 2.45) is 17.8 Å². The molecule has 1 N–H and O–H groups in total. The van der Waals surface area contributed by atoms with Gasteiger partial charge in [0, 0.05) is 11.6 Å². The van der Waals surface area contributed by atoms with Crippen molar-refractivity contribution in [1.29, 1.82) is 0 Å². The van der Waals surface area contributed by atoms with Crippen molar-refractivity contribution >= 4 is 17.5 Å². The van der Waals surface area contributed by atoms with E-state index < -0.39 is 0 Å². The van der Waals surface area contributed by atoms with Gasteiger partial charge in [0.25, 0.3) is 0 Å². The van der Waals surface area contributed by atoms with Gasteiger partial charge in [0.05, 0.1) is 6.54 Å². The molecule has 0 aromatic heterocycles. The quantitative estimate of drug-likeness (QED) is 0.930. The Bertz CT molecular complexity index is 544. The highest BCUT2D eigenvalue weighted by Crippen LogP contribution is 2.49. The SMILES string of the molecule is O=C1CNC(c2ccc(Cl)cc2)N1CC1CC2CCC1C2. The second-order valence-electron chi connectivity index (χ2n) is 6.82. The smallest absolute Gasteiger partial charge is 0.238 e. The molecular formula is C17H21ClN2O. The molecule has 1 aliphatic heterocycles. The molecule has 3 nitrogen and oxygen atoms in total. The van der Waals surface area contributed by atoms with Crippen molar-refractivity contribution in [3.05, 3.63) is 34.9 Å². The highest BCUT2D eigenvalue weighted by Gasteiger charge is 2.42. The Balaban J connectivity index is 1.51. The Hall–Kier alpha value is -1.06. The number of halogens is 1. The number of hydrogen-bond acceptors (Lipinski definition) is 2. The lowest BCUT2D eigenvalue weighted by Gasteiger charge is -2.31. The first kappa shape index (κ1) is 13.6. The van der Waals surface area contributed by atoms with Crippen molar-refractivity contribution in [2.75, 3.05) is 13.1 Å². The van der Waals surface area contributed by atoms with Crippen LogP contribution in [0, 0.1) is 17.8 Å². The van der Waals surface area contributed by atoms with Crippen molar-refractivity contribution in [2.45, 2.75) is 31.8 Å². The fourth-order valence-electron chi connectivity index (χ4n) is 4.54. The minimum atomic E-state index is 0.0221. The summed E-state index contributed by atoms with van der Waals surface area (Å²) < 4.78 is 0. The summed E-state index contributed by atoms with van der Waals surface area (Å²) in [5.41, 5.74) is 1.13. The van der Waals surface area contributed by atoms with Crippen LogP contribution < -0.4 is 5.32 Å². The molecule has 1 aromatic carbocycles. The van der Waals surface area contributed by atoms with Crippen LogP contribution in [0.4, 0.5) is 0 Å². The summed E-state index contributed by atoms with van der Waals surface area (Å²) in [6.07, 6.45) is 5.52. The number of hydrogen-bond donors (Lipinski definition) is 1. The average Bonchev–Trinajstić information content (AvgIpc) is 3.18. The molecule has 4 rings (SSSR count). The molecule has 4 atom stereocenters. The predicted octanol–water partition coefficient (Wildman–Crippen LogP) is 3.21. The molecule has 2 aliphatic carbocycles. The van der Waals surface area contributed by atoms with Gasteiger partial charge < -0.3 is 4.90 Å². The third-order valence-electron chi connectivity index (χ3n) is 5.58. The molecule has 21 heavy (non-hydrogen) atoms. The molecule has 0 radical (unpaired) electrons. The summed E-state index contributed by atoms with van der Waals surface area (Å²) in [4.78, 5) is 14.3. The lowest BCUT2D eigenvalue weighted by Crippen LogP contribution is -2.36. The van der Waals surface area contributed by atoms with Crippen molar-refractivity contribution in [1.82, 2.24) is 10.2 Å². The second-order valence-corrected chi connectivity index (χ2v) is 7.25. The normalized spacial score (nSPS) is 34.9. The highest BCUT2D eigenvalue weighted by molar-refractivity contribution is 6.30. The van der Waals surface area contributed by atoms with Gasteiger partial charge >= 0.3 is 0 Å². The Morgan fingerprint density at radius 1 is 1.19 bits per heavy atom. The zero-order valence-electron chi connectivity index (χ0n) is 12.1. The zero-order valence-corrected chi connectivity index (χ0v) is 12.9. The fourth-order valence-corrected chi connectivity index (χ4v) is 4.67. The van der Waals surface area contributed by atoms with E-state index in [0.29, 0.717) is 12.5 Å². The highest BCUT2D eigenvalue weighted by atomic mass is 35.5. The van der Waals surface area contributed by atoms with Crippen LogP contribution in [-0.4, -0.2) is 23.9 Å². The number of nitrogens with one attached hydrogen (secondary N) is 1. The first-order chi connectivity index (χ1) is 10.2. The number of nitrogens with zero attached hydrogens (tertiary/aromatic N) is 1. The van der Waals surface area contributed by atoms with E-state index in [9.17, 15) is 4.79 Å². The molecule has 1 saturated heterocycles. The topological polar surface area (TPSA) is 32.3 Å². The van der Waals surface area contributed by atoms with E-state index in [0.717, 1.165) is 29.0 Å². The van der Waals surface area contributed by atoms with Crippen LogP contribution in [0.1, 0.15) is 37.4 Å². The van der Waals surface area contributed by atoms with Crippen LogP contribution in [-0.2, 0) is 4.79 Å². The Kier molecular flexibility index (Phi) is 3.43. The molecule has 1 aromatic rings. The van der Waals surface area contributed by atoms with Gasteiger partial charge in [-0.3, -0.25) is 10.1 Å². The van der Waals surface area contributed by atoms with E-state index in [1.165, 1.54) is 25.7 Å². The summed E-state index contributed by atoms with van der Waals surface area (Å²) in [5.74, 6) is 2.73. The molecule has 3 fully saturated rings. The van der Waals surface area contributed by atoms with Gasteiger partial charge in [0.2, 0.25) is 5.91 Å². The van der Waals surface area contributed by atoms with Gasteiger partial charge in [-0.15, -0.1) is 0 Å². The molecular weight excluding hydrogens is 284 g/mol. The zero-order chi connectivity index (χ0) is 14.4.